The Morgan fingerprint density at radius 2 is 2.21 bits per heavy atom. The number of thioether (sulfide) groups is 1. The number of likely N-dealkylation sites (tertiary alicyclic amines) is 1. The molecule has 1 heterocycles. The van der Waals surface area contributed by atoms with Crippen molar-refractivity contribution in [1.82, 2.24) is 10.2 Å². The van der Waals surface area contributed by atoms with Gasteiger partial charge < -0.3 is 15.3 Å². The topological polar surface area (TPSA) is 69.6 Å². The first-order valence-electron chi connectivity index (χ1n) is 6.75. The second-order valence-electron chi connectivity index (χ2n) is 5.17. The molecule has 6 heteroatoms. The van der Waals surface area contributed by atoms with Gasteiger partial charge in [-0.2, -0.15) is 11.8 Å². The molecule has 0 radical (unpaired) electrons. The van der Waals surface area contributed by atoms with Crippen molar-refractivity contribution in [2.75, 3.05) is 19.3 Å². The average molecular weight is 288 g/mol. The standard InChI is InChI=1S/C13H24N2O3S/c1-9-8-11(12(16)17)5-7-15(9)13(18)14-6-4-10(2)19-3/h9-11H,4-8H2,1-3H3,(H,14,18)(H,16,17). The summed E-state index contributed by atoms with van der Waals surface area (Å²) in [6, 6.07) is -0.0718. The molecule has 0 bridgehead atoms. The largest absolute Gasteiger partial charge is 0.481 e. The Hall–Kier alpha value is -0.910. The van der Waals surface area contributed by atoms with Crippen molar-refractivity contribution in [3.8, 4) is 0 Å². The first kappa shape index (κ1) is 16.1. The van der Waals surface area contributed by atoms with E-state index in [1.165, 1.54) is 0 Å². The minimum absolute atomic E-state index is 0.00664. The van der Waals surface area contributed by atoms with Gasteiger partial charge in [-0.1, -0.05) is 6.92 Å². The summed E-state index contributed by atoms with van der Waals surface area (Å²) in [7, 11) is 0. The molecule has 2 N–H and O–H groups in total. The van der Waals surface area contributed by atoms with Crippen molar-refractivity contribution >= 4 is 23.8 Å². The zero-order valence-electron chi connectivity index (χ0n) is 11.9. The highest BCUT2D eigenvalue weighted by Crippen LogP contribution is 2.22. The molecular formula is C13H24N2O3S. The number of rotatable bonds is 5. The lowest BCUT2D eigenvalue weighted by atomic mass is 9.92. The minimum Gasteiger partial charge on any atom is -0.481 e. The average Bonchev–Trinajstić information content (AvgIpc) is 2.37. The van der Waals surface area contributed by atoms with Gasteiger partial charge in [0.2, 0.25) is 0 Å². The summed E-state index contributed by atoms with van der Waals surface area (Å²) in [6.45, 7) is 5.26. The summed E-state index contributed by atoms with van der Waals surface area (Å²) in [5.74, 6) is -1.06. The maximum absolute atomic E-state index is 12.0. The first-order chi connectivity index (χ1) is 8.95. The number of nitrogens with one attached hydrogen (secondary N) is 1. The summed E-state index contributed by atoms with van der Waals surface area (Å²) < 4.78 is 0. The fourth-order valence-electron chi connectivity index (χ4n) is 2.30. The predicted octanol–water partition coefficient (Wildman–Crippen LogP) is 2.02. The van der Waals surface area contributed by atoms with E-state index in [1.54, 1.807) is 16.7 Å². The number of nitrogens with zero attached hydrogens (tertiary/aromatic N) is 1. The lowest BCUT2D eigenvalue weighted by molar-refractivity contribution is -0.143. The molecule has 3 atom stereocenters. The Bertz CT molecular complexity index is 325. The molecule has 1 aliphatic rings. The molecular weight excluding hydrogens is 264 g/mol. The summed E-state index contributed by atoms with van der Waals surface area (Å²) in [5, 5.41) is 12.4. The molecule has 1 rings (SSSR count). The Morgan fingerprint density at radius 1 is 1.53 bits per heavy atom. The van der Waals surface area contributed by atoms with E-state index in [-0.39, 0.29) is 18.0 Å². The molecule has 19 heavy (non-hydrogen) atoms. The lowest BCUT2D eigenvalue weighted by Gasteiger charge is -2.36. The van der Waals surface area contributed by atoms with Crippen LogP contribution in [-0.4, -0.2) is 52.6 Å². The van der Waals surface area contributed by atoms with Crippen molar-refractivity contribution < 1.29 is 14.7 Å². The number of carboxylic acid groups (broad SMARTS) is 1. The van der Waals surface area contributed by atoms with Crippen LogP contribution >= 0.6 is 11.8 Å². The van der Waals surface area contributed by atoms with Crippen LogP contribution in [0.3, 0.4) is 0 Å². The molecule has 0 aliphatic carbocycles. The van der Waals surface area contributed by atoms with Crippen LogP contribution in [-0.2, 0) is 4.79 Å². The number of urea groups is 1. The molecule has 1 saturated heterocycles. The fraction of sp³-hybridized carbons (Fsp3) is 0.846. The van der Waals surface area contributed by atoms with Crippen LogP contribution in [0.25, 0.3) is 0 Å². The fourth-order valence-corrected chi connectivity index (χ4v) is 2.65. The van der Waals surface area contributed by atoms with Gasteiger partial charge in [-0.15, -0.1) is 0 Å². The molecule has 1 fully saturated rings. The van der Waals surface area contributed by atoms with E-state index >= 15 is 0 Å². The van der Waals surface area contributed by atoms with Crippen molar-refractivity contribution in [3.63, 3.8) is 0 Å². The molecule has 0 aromatic carbocycles. The van der Waals surface area contributed by atoms with Crippen LogP contribution in [0.15, 0.2) is 0 Å². The molecule has 3 unspecified atom stereocenters. The minimum atomic E-state index is -0.749. The molecule has 0 aromatic rings. The predicted molar refractivity (Wildman–Crippen MR) is 77.5 cm³/mol. The number of aliphatic carboxylic acids is 1. The highest BCUT2D eigenvalue weighted by Gasteiger charge is 2.31. The van der Waals surface area contributed by atoms with Gasteiger partial charge in [-0.05, 0) is 32.4 Å². The maximum Gasteiger partial charge on any atom is 0.317 e. The van der Waals surface area contributed by atoms with E-state index in [0.717, 1.165) is 6.42 Å². The molecule has 110 valence electrons. The van der Waals surface area contributed by atoms with E-state index < -0.39 is 5.97 Å². The zero-order valence-corrected chi connectivity index (χ0v) is 12.7. The van der Waals surface area contributed by atoms with E-state index in [4.69, 9.17) is 5.11 Å². The second kappa shape index (κ2) is 7.62. The van der Waals surface area contributed by atoms with E-state index in [9.17, 15) is 9.59 Å². The molecule has 1 aliphatic heterocycles. The van der Waals surface area contributed by atoms with E-state index in [1.807, 2.05) is 6.92 Å². The van der Waals surface area contributed by atoms with E-state index in [0.29, 0.717) is 31.2 Å². The summed E-state index contributed by atoms with van der Waals surface area (Å²) in [5.41, 5.74) is 0. The van der Waals surface area contributed by atoms with Crippen LogP contribution in [0, 0.1) is 5.92 Å². The van der Waals surface area contributed by atoms with Crippen LogP contribution in [0.2, 0.25) is 0 Å². The number of carbonyl (C=O) groups is 2. The van der Waals surface area contributed by atoms with Crippen LogP contribution in [0.5, 0.6) is 0 Å². The number of hydrogen-bond acceptors (Lipinski definition) is 3. The van der Waals surface area contributed by atoms with Gasteiger partial charge in [0.05, 0.1) is 5.92 Å². The summed E-state index contributed by atoms with van der Waals surface area (Å²) in [6.07, 6.45) is 4.11. The number of carboxylic acids is 1. The molecule has 0 aromatic heterocycles. The van der Waals surface area contributed by atoms with Gasteiger partial charge in [0.25, 0.3) is 0 Å². The number of amides is 2. The first-order valence-corrected chi connectivity index (χ1v) is 8.04. The van der Waals surface area contributed by atoms with Gasteiger partial charge >= 0.3 is 12.0 Å². The van der Waals surface area contributed by atoms with E-state index in [2.05, 4.69) is 18.5 Å². The van der Waals surface area contributed by atoms with Crippen molar-refractivity contribution in [2.45, 2.75) is 44.4 Å². The van der Waals surface area contributed by atoms with Crippen LogP contribution in [0.1, 0.15) is 33.1 Å². The Labute approximate surface area is 119 Å². The highest BCUT2D eigenvalue weighted by atomic mass is 32.2. The number of carbonyl (C=O) groups excluding carboxylic acids is 1. The SMILES string of the molecule is CSC(C)CCNC(=O)N1CCC(C(=O)O)CC1C. The third kappa shape index (κ3) is 4.93. The van der Waals surface area contributed by atoms with Crippen LogP contribution in [0.4, 0.5) is 4.79 Å². The second-order valence-corrected chi connectivity index (χ2v) is 6.45. The lowest BCUT2D eigenvalue weighted by Crippen LogP contribution is -2.50. The molecule has 0 spiro atoms. The number of piperidine rings is 1. The summed E-state index contributed by atoms with van der Waals surface area (Å²) >= 11 is 1.79. The van der Waals surface area contributed by atoms with Gasteiger partial charge in [-0.25, -0.2) is 4.79 Å². The Morgan fingerprint density at radius 3 is 2.74 bits per heavy atom. The molecule has 5 nitrogen and oxygen atoms in total. The normalized spacial score (nSPS) is 24.9. The zero-order chi connectivity index (χ0) is 14.4. The van der Waals surface area contributed by atoms with Gasteiger partial charge in [0.15, 0.2) is 0 Å². The monoisotopic (exact) mass is 288 g/mol. The Kier molecular flexibility index (Phi) is 6.48. The third-order valence-corrected chi connectivity index (χ3v) is 4.76. The maximum atomic E-state index is 12.0. The highest BCUT2D eigenvalue weighted by molar-refractivity contribution is 7.99. The number of hydrogen-bond donors (Lipinski definition) is 2. The van der Waals surface area contributed by atoms with Crippen LogP contribution < -0.4 is 5.32 Å². The quantitative estimate of drug-likeness (QED) is 0.812. The molecule has 2 amide bonds. The van der Waals surface area contributed by atoms with Gasteiger partial charge in [0, 0.05) is 24.4 Å². The third-order valence-electron chi connectivity index (χ3n) is 3.72. The van der Waals surface area contributed by atoms with Gasteiger partial charge in [-0.3, -0.25) is 4.79 Å². The smallest absolute Gasteiger partial charge is 0.317 e. The van der Waals surface area contributed by atoms with Crippen molar-refractivity contribution in [3.05, 3.63) is 0 Å². The summed E-state index contributed by atoms with van der Waals surface area (Å²) in [4.78, 5) is 24.7. The molecule has 0 saturated carbocycles. The Balaban J connectivity index is 2.35. The van der Waals surface area contributed by atoms with Crippen molar-refractivity contribution in [1.29, 1.82) is 0 Å². The van der Waals surface area contributed by atoms with Crippen molar-refractivity contribution in [2.24, 2.45) is 5.92 Å². The van der Waals surface area contributed by atoms with Gasteiger partial charge in [0.1, 0.15) is 0 Å².